The Morgan fingerprint density at radius 3 is 2.27 bits per heavy atom. The van der Waals surface area contributed by atoms with E-state index in [1.165, 1.54) is 5.56 Å². The molecule has 0 spiro atoms. The fourth-order valence-corrected chi connectivity index (χ4v) is 2.87. The van der Waals surface area contributed by atoms with E-state index in [0.29, 0.717) is 13.0 Å². The van der Waals surface area contributed by atoms with Crippen molar-refractivity contribution in [3.8, 4) is 5.75 Å². The Hall–Kier alpha value is -3.07. The van der Waals surface area contributed by atoms with Crippen molar-refractivity contribution in [3.63, 3.8) is 0 Å². The third kappa shape index (κ3) is 4.51. The number of hydrogen-bond donors (Lipinski definition) is 0. The maximum absolute atomic E-state index is 13.1. The van der Waals surface area contributed by atoms with Crippen LogP contribution in [0.5, 0.6) is 5.75 Å². The van der Waals surface area contributed by atoms with E-state index in [9.17, 15) is 4.79 Å². The van der Waals surface area contributed by atoms with Crippen molar-refractivity contribution in [1.82, 2.24) is 0 Å². The van der Waals surface area contributed by atoms with Gasteiger partial charge < -0.3 is 9.64 Å². The molecule has 0 unspecified atom stereocenters. The van der Waals surface area contributed by atoms with Crippen LogP contribution in [0.25, 0.3) is 0 Å². The van der Waals surface area contributed by atoms with Gasteiger partial charge in [-0.2, -0.15) is 0 Å². The number of ether oxygens (including phenoxy) is 1. The van der Waals surface area contributed by atoms with Gasteiger partial charge in [0.05, 0.1) is 20.1 Å². The second-order valence-corrected chi connectivity index (χ2v) is 6.33. The molecule has 1 amide bonds. The number of nitrogens with zero attached hydrogens (tertiary/aromatic N) is 1. The summed E-state index contributed by atoms with van der Waals surface area (Å²) in [5.41, 5.74) is 4.13. The van der Waals surface area contributed by atoms with Crippen LogP contribution >= 0.6 is 0 Å². The second kappa shape index (κ2) is 8.34. The fraction of sp³-hybridized carbons (Fsp3) is 0.174. The van der Waals surface area contributed by atoms with E-state index < -0.39 is 0 Å². The molecule has 0 aliphatic carbocycles. The molecule has 0 fully saturated rings. The molecule has 0 bridgehead atoms. The van der Waals surface area contributed by atoms with Crippen molar-refractivity contribution < 1.29 is 9.53 Å². The van der Waals surface area contributed by atoms with Gasteiger partial charge in [-0.3, -0.25) is 4.79 Å². The molecule has 0 N–H and O–H groups in total. The number of methoxy groups -OCH3 is 1. The van der Waals surface area contributed by atoms with Gasteiger partial charge in [0.15, 0.2) is 0 Å². The first-order valence-corrected chi connectivity index (χ1v) is 8.69. The third-order valence-electron chi connectivity index (χ3n) is 4.32. The molecule has 3 aromatic carbocycles. The van der Waals surface area contributed by atoms with Gasteiger partial charge >= 0.3 is 0 Å². The highest BCUT2D eigenvalue weighted by Crippen LogP contribution is 2.21. The topological polar surface area (TPSA) is 29.5 Å². The minimum atomic E-state index is 0.0611. The Labute approximate surface area is 154 Å². The largest absolute Gasteiger partial charge is 0.497 e. The highest BCUT2D eigenvalue weighted by atomic mass is 16.5. The number of benzene rings is 3. The lowest BCUT2D eigenvalue weighted by atomic mass is 10.1. The van der Waals surface area contributed by atoms with Crippen molar-refractivity contribution in [3.05, 3.63) is 95.6 Å². The average Bonchev–Trinajstić information content (AvgIpc) is 2.68. The molecule has 0 aliphatic rings. The Bertz CT molecular complexity index is 857. The molecule has 0 saturated carbocycles. The lowest BCUT2D eigenvalue weighted by molar-refractivity contribution is -0.118. The van der Waals surface area contributed by atoms with Crippen molar-refractivity contribution in [2.75, 3.05) is 12.0 Å². The zero-order valence-corrected chi connectivity index (χ0v) is 15.2. The normalized spacial score (nSPS) is 10.4. The van der Waals surface area contributed by atoms with Crippen LogP contribution < -0.4 is 9.64 Å². The minimum absolute atomic E-state index is 0.0611. The van der Waals surface area contributed by atoms with E-state index in [4.69, 9.17) is 4.74 Å². The van der Waals surface area contributed by atoms with Crippen LogP contribution in [0.1, 0.15) is 16.7 Å². The van der Waals surface area contributed by atoms with E-state index in [2.05, 4.69) is 0 Å². The summed E-state index contributed by atoms with van der Waals surface area (Å²) in [6.45, 7) is 2.59. The lowest BCUT2D eigenvalue weighted by Gasteiger charge is -2.23. The molecule has 3 aromatic rings. The molecule has 0 heterocycles. The first-order chi connectivity index (χ1) is 12.7. The zero-order valence-electron chi connectivity index (χ0n) is 15.2. The SMILES string of the molecule is COc1cccc(CC(=O)N(Cc2ccccc2)c2ccc(C)cc2)c1. The monoisotopic (exact) mass is 345 g/mol. The molecule has 132 valence electrons. The summed E-state index contributed by atoms with van der Waals surface area (Å²) < 4.78 is 5.27. The van der Waals surface area contributed by atoms with Gasteiger partial charge in [0, 0.05) is 5.69 Å². The quantitative estimate of drug-likeness (QED) is 0.643. The summed E-state index contributed by atoms with van der Waals surface area (Å²) in [5.74, 6) is 0.825. The summed E-state index contributed by atoms with van der Waals surface area (Å²) in [7, 11) is 1.63. The number of carbonyl (C=O) groups excluding carboxylic acids is 1. The maximum Gasteiger partial charge on any atom is 0.231 e. The number of amides is 1. The van der Waals surface area contributed by atoms with Crippen LogP contribution in [0.2, 0.25) is 0 Å². The molecule has 26 heavy (non-hydrogen) atoms. The molecule has 0 radical (unpaired) electrons. The maximum atomic E-state index is 13.1. The number of anilines is 1. The summed E-state index contributed by atoms with van der Waals surface area (Å²) in [4.78, 5) is 14.9. The minimum Gasteiger partial charge on any atom is -0.497 e. The summed E-state index contributed by atoms with van der Waals surface area (Å²) >= 11 is 0. The van der Waals surface area contributed by atoms with E-state index in [1.54, 1.807) is 7.11 Å². The highest BCUT2D eigenvalue weighted by Gasteiger charge is 2.17. The van der Waals surface area contributed by atoms with Crippen LogP contribution in [0, 0.1) is 6.92 Å². The molecule has 0 aromatic heterocycles. The average molecular weight is 345 g/mol. The first-order valence-electron chi connectivity index (χ1n) is 8.69. The molecule has 0 aliphatic heterocycles. The van der Waals surface area contributed by atoms with E-state index in [1.807, 2.05) is 90.7 Å². The number of aryl methyl sites for hydroxylation is 1. The second-order valence-electron chi connectivity index (χ2n) is 6.33. The summed E-state index contributed by atoms with van der Waals surface area (Å²) in [6.07, 6.45) is 0.331. The highest BCUT2D eigenvalue weighted by molar-refractivity contribution is 5.94. The first kappa shape index (κ1) is 17.7. The predicted octanol–water partition coefficient (Wildman–Crippen LogP) is 4.78. The van der Waals surface area contributed by atoms with Gasteiger partial charge in [0.2, 0.25) is 5.91 Å². The van der Waals surface area contributed by atoms with Gasteiger partial charge in [-0.05, 0) is 42.3 Å². The Balaban J connectivity index is 1.86. The molecule has 0 atom stereocenters. The molecular weight excluding hydrogens is 322 g/mol. The standard InChI is InChI=1S/C23H23NO2/c1-18-11-13-21(14-12-18)24(17-19-7-4-3-5-8-19)23(25)16-20-9-6-10-22(15-20)26-2/h3-15H,16-17H2,1-2H3. The van der Waals surface area contributed by atoms with Crippen LogP contribution in [0.3, 0.4) is 0 Å². The van der Waals surface area contributed by atoms with Gasteiger partial charge in [0.1, 0.15) is 5.75 Å². The van der Waals surface area contributed by atoms with Crippen LogP contribution in [-0.4, -0.2) is 13.0 Å². The van der Waals surface area contributed by atoms with Crippen LogP contribution in [0.4, 0.5) is 5.69 Å². The van der Waals surface area contributed by atoms with E-state index >= 15 is 0 Å². The predicted molar refractivity (Wildman–Crippen MR) is 106 cm³/mol. The number of rotatable bonds is 6. The van der Waals surface area contributed by atoms with Crippen LogP contribution in [-0.2, 0) is 17.8 Å². The number of carbonyl (C=O) groups is 1. The van der Waals surface area contributed by atoms with Crippen molar-refractivity contribution >= 4 is 11.6 Å². The van der Waals surface area contributed by atoms with Crippen LogP contribution in [0.15, 0.2) is 78.9 Å². The Morgan fingerprint density at radius 1 is 0.885 bits per heavy atom. The van der Waals surface area contributed by atoms with E-state index in [-0.39, 0.29) is 5.91 Å². The summed E-state index contributed by atoms with van der Waals surface area (Å²) in [6, 6.07) is 25.8. The zero-order chi connectivity index (χ0) is 18.4. The molecule has 3 nitrogen and oxygen atoms in total. The van der Waals surface area contributed by atoms with E-state index in [0.717, 1.165) is 22.6 Å². The molecule has 3 heteroatoms. The molecular formula is C23H23NO2. The van der Waals surface area contributed by atoms with Crippen molar-refractivity contribution in [1.29, 1.82) is 0 Å². The van der Waals surface area contributed by atoms with Gasteiger partial charge in [-0.25, -0.2) is 0 Å². The lowest BCUT2D eigenvalue weighted by Crippen LogP contribution is -2.31. The number of hydrogen-bond acceptors (Lipinski definition) is 2. The van der Waals surface area contributed by atoms with Crippen molar-refractivity contribution in [2.45, 2.75) is 19.9 Å². The third-order valence-corrected chi connectivity index (χ3v) is 4.32. The van der Waals surface area contributed by atoms with Gasteiger partial charge in [-0.15, -0.1) is 0 Å². The van der Waals surface area contributed by atoms with Gasteiger partial charge in [-0.1, -0.05) is 60.2 Å². The summed E-state index contributed by atoms with van der Waals surface area (Å²) in [5, 5.41) is 0. The molecule has 3 rings (SSSR count). The van der Waals surface area contributed by atoms with Gasteiger partial charge in [0.25, 0.3) is 0 Å². The fourth-order valence-electron chi connectivity index (χ4n) is 2.87. The molecule has 0 saturated heterocycles. The smallest absolute Gasteiger partial charge is 0.231 e. The Kier molecular flexibility index (Phi) is 5.69. The van der Waals surface area contributed by atoms with Crippen molar-refractivity contribution in [2.24, 2.45) is 0 Å². The Morgan fingerprint density at radius 2 is 1.58 bits per heavy atom.